The summed E-state index contributed by atoms with van der Waals surface area (Å²) < 4.78 is 66.9. The van der Waals surface area contributed by atoms with Crippen LogP contribution in [0.1, 0.15) is 65.0 Å². The summed E-state index contributed by atoms with van der Waals surface area (Å²) in [6.07, 6.45) is -3.66. The molecule has 1 aromatic carbocycles. The monoisotopic (exact) mass is 618 g/mol. The lowest BCUT2D eigenvalue weighted by molar-refractivity contribution is -0.148. The van der Waals surface area contributed by atoms with Crippen LogP contribution in [0.4, 0.5) is 22.0 Å². The van der Waals surface area contributed by atoms with Gasteiger partial charge in [0.15, 0.2) is 0 Å². The number of alkyl halides is 5. The van der Waals surface area contributed by atoms with Crippen LogP contribution in [0.2, 0.25) is 0 Å². The maximum atomic E-state index is 13.6. The molecule has 3 saturated heterocycles. The number of aromatic nitrogens is 1. The van der Waals surface area contributed by atoms with Crippen LogP contribution in [0.5, 0.6) is 0 Å². The van der Waals surface area contributed by atoms with Crippen LogP contribution >= 0.6 is 0 Å². The van der Waals surface area contributed by atoms with Gasteiger partial charge in [0.1, 0.15) is 5.69 Å². The third-order valence-electron chi connectivity index (χ3n) is 10.4. The summed E-state index contributed by atoms with van der Waals surface area (Å²) in [5, 5.41) is 0. The van der Waals surface area contributed by atoms with Crippen molar-refractivity contribution in [1.29, 1.82) is 0 Å². The second kappa shape index (κ2) is 11.4. The first-order valence-electron chi connectivity index (χ1n) is 15.5. The lowest BCUT2D eigenvalue weighted by Gasteiger charge is -2.52. The van der Waals surface area contributed by atoms with Gasteiger partial charge in [-0.05, 0) is 68.7 Å². The lowest BCUT2D eigenvalue weighted by atomic mass is 9.70. The average molecular weight is 619 g/mol. The molecular weight excluding hydrogens is 579 g/mol. The minimum atomic E-state index is -4.56. The van der Waals surface area contributed by atoms with Gasteiger partial charge in [-0.1, -0.05) is 30.3 Å². The Balaban J connectivity index is 1.05. The molecule has 4 heterocycles. The highest BCUT2D eigenvalue weighted by molar-refractivity contribution is 5.97. The number of fused-ring (bicyclic) bond motifs is 1. The van der Waals surface area contributed by atoms with E-state index in [1.165, 1.54) is 19.4 Å². The second-order valence-corrected chi connectivity index (χ2v) is 13.5. The molecule has 11 heteroatoms. The second-order valence-electron chi connectivity index (χ2n) is 13.5. The van der Waals surface area contributed by atoms with Crippen molar-refractivity contribution >= 4 is 11.8 Å². The molecule has 6 nitrogen and oxygen atoms in total. The highest BCUT2D eigenvalue weighted by atomic mass is 19.4. The Labute approximate surface area is 254 Å². The molecule has 0 N–H and O–H groups in total. The standard InChI is InChI=1S/C33H39F5N4O2/c1-21-14-27(33(36,37)38)39-22(2)28(21)30(44)41-17-24-15-40(16-25(24)18-41)13-12-31(26-6-4-3-5-7-26)19-42(20-31)29(43)23-8-10-32(34,35)11-9-23/h3-7,14,23-25H,8-13,15-20H2,1-2H3/t24-,25+. The normalized spacial score (nSPS) is 25.2. The van der Waals surface area contributed by atoms with Gasteiger partial charge in [-0.15, -0.1) is 0 Å². The number of amides is 2. The van der Waals surface area contributed by atoms with Crippen molar-refractivity contribution in [2.24, 2.45) is 17.8 Å². The van der Waals surface area contributed by atoms with Crippen LogP contribution in [0.15, 0.2) is 36.4 Å². The van der Waals surface area contributed by atoms with E-state index in [1.807, 2.05) is 23.1 Å². The predicted octanol–water partition coefficient (Wildman–Crippen LogP) is 5.72. The Morgan fingerprint density at radius 1 is 0.932 bits per heavy atom. The van der Waals surface area contributed by atoms with E-state index in [0.29, 0.717) is 38.0 Å². The van der Waals surface area contributed by atoms with Crippen LogP contribution in [-0.4, -0.2) is 83.2 Å². The molecule has 3 aliphatic heterocycles. The van der Waals surface area contributed by atoms with Gasteiger partial charge in [-0.25, -0.2) is 13.8 Å². The minimum absolute atomic E-state index is 0.00115. The van der Waals surface area contributed by atoms with Gasteiger partial charge in [0.25, 0.3) is 5.91 Å². The number of carbonyl (C=O) groups is 2. The van der Waals surface area contributed by atoms with Crippen molar-refractivity contribution < 1.29 is 31.5 Å². The van der Waals surface area contributed by atoms with E-state index in [2.05, 4.69) is 22.0 Å². The third kappa shape index (κ3) is 5.96. The van der Waals surface area contributed by atoms with Crippen molar-refractivity contribution in [3.63, 3.8) is 0 Å². The number of benzene rings is 1. The van der Waals surface area contributed by atoms with Crippen molar-refractivity contribution in [3.05, 3.63) is 64.5 Å². The minimum Gasteiger partial charge on any atom is -0.341 e. The van der Waals surface area contributed by atoms with Crippen LogP contribution < -0.4 is 0 Å². The van der Waals surface area contributed by atoms with Gasteiger partial charge < -0.3 is 14.7 Å². The fraction of sp³-hybridized carbons (Fsp3) is 0.606. The molecule has 4 fully saturated rings. The molecular formula is C33H39F5N4O2. The van der Waals surface area contributed by atoms with Crippen LogP contribution in [-0.2, 0) is 16.4 Å². The molecule has 6 rings (SSSR count). The largest absolute Gasteiger partial charge is 0.433 e. The molecule has 0 radical (unpaired) electrons. The summed E-state index contributed by atoms with van der Waals surface area (Å²) >= 11 is 0. The molecule has 2 amide bonds. The SMILES string of the molecule is Cc1cc(C(F)(F)F)nc(C)c1C(=O)N1C[C@H]2CN(CCC3(c4ccccc4)CN(C(=O)C4CCC(F)(F)CC4)C3)C[C@H]2C1. The molecule has 1 saturated carbocycles. The molecule has 0 unspecified atom stereocenters. The molecule has 2 atom stereocenters. The quantitative estimate of drug-likeness (QED) is 0.389. The van der Waals surface area contributed by atoms with Crippen molar-refractivity contribution in [2.45, 2.75) is 63.5 Å². The summed E-state index contributed by atoms with van der Waals surface area (Å²) in [7, 11) is 0. The zero-order valence-electron chi connectivity index (χ0n) is 25.2. The van der Waals surface area contributed by atoms with E-state index in [0.717, 1.165) is 32.1 Å². The maximum absolute atomic E-state index is 13.6. The summed E-state index contributed by atoms with van der Waals surface area (Å²) in [4.78, 5) is 36.3. The van der Waals surface area contributed by atoms with Gasteiger partial charge in [0.05, 0.1) is 11.3 Å². The Morgan fingerprint density at radius 3 is 2.11 bits per heavy atom. The Morgan fingerprint density at radius 2 is 1.55 bits per heavy atom. The lowest BCUT2D eigenvalue weighted by Crippen LogP contribution is -2.63. The topological polar surface area (TPSA) is 56.8 Å². The molecule has 44 heavy (non-hydrogen) atoms. The molecule has 4 aliphatic rings. The van der Waals surface area contributed by atoms with E-state index in [9.17, 15) is 31.5 Å². The molecule has 2 aromatic rings. The number of carbonyl (C=O) groups excluding carboxylic acids is 2. The highest BCUT2D eigenvalue weighted by Crippen LogP contribution is 2.43. The van der Waals surface area contributed by atoms with Gasteiger partial charge in [0, 0.05) is 63.4 Å². The summed E-state index contributed by atoms with van der Waals surface area (Å²) in [6, 6.07) is 11.1. The van der Waals surface area contributed by atoms with Gasteiger partial charge in [-0.3, -0.25) is 9.59 Å². The number of halogens is 5. The molecule has 0 spiro atoms. The molecule has 0 bridgehead atoms. The first-order valence-corrected chi connectivity index (χ1v) is 15.5. The van der Waals surface area contributed by atoms with E-state index in [1.54, 1.807) is 4.90 Å². The maximum Gasteiger partial charge on any atom is 0.433 e. The number of likely N-dealkylation sites (tertiary alicyclic amines) is 3. The molecule has 1 aliphatic carbocycles. The van der Waals surface area contributed by atoms with Crippen LogP contribution in [0, 0.1) is 31.6 Å². The number of hydrogen-bond donors (Lipinski definition) is 0. The zero-order valence-corrected chi connectivity index (χ0v) is 25.2. The van der Waals surface area contributed by atoms with Gasteiger partial charge in [-0.2, -0.15) is 13.2 Å². The Kier molecular flexibility index (Phi) is 7.99. The number of nitrogens with zero attached hydrogens (tertiary/aromatic N) is 4. The van der Waals surface area contributed by atoms with Crippen molar-refractivity contribution in [2.75, 3.05) is 45.8 Å². The first-order chi connectivity index (χ1) is 20.7. The zero-order chi connectivity index (χ0) is 31.4. The Hall–Kier alpha value is -3.08. The van der Waals surface area contributed by atoms with E-state index < -0.39 is 17.8 Å². The van der Waals surface area contributed by atoms with Crippen molar-refractivity contribution in [3.8, 4) is 0 Å². The first kappa shape index (κ1) is 30.9. The summed E-state index contributed by atoms with van der Waals surface area (Å²) in [5.41, 5.74) is 0.663. The van der Waals surface area contributed by atoms with Gasteiger partial charge in [0.2, 0.25) is 11.8 Å². The number of rotatable bonds is 6. The Bertz CT molecular complexity index is 1360. The van der Waals surface area contributed by atoms with Crippen molar-refractivity contribution in [1.82, 2.24) is 19.7 Å². The third-order valence-corrected chi connectivity index (χ3v) is 10.4. The van der Waals surface area contributed by atoms with E-state index in [-0.39, 0.29) is 65.7 Å². The predicted molar refractivity (Wildman–Crippen MR) is 154 cm³/mol. The average Bonchev–Trinajstić information content (AvgIpc) is 3.51. The molecule has 238 valence electrons. The van der Waals surface area contributed by atoms with Gasteiger partial charge >= 0.3 is 6.18 Å². The van der Waals surface area contributed by atoms with Crippen LogP contribution in [0.3, 0.4) is 0 Å². The highest BCUT2D eigenvalue weighted by Gasteiger charge is 2.50. The smallest absolute Gasteiger partial charge is 0.341 e. The number of aryl methyl sites for hydroxylation is 2. The number of pyridine rings is 1. The summed E-state index contributed by atoms with van der Waals surface area (Å²) in [5.74, 6) is -2.66. The van der Waals surface area contributed by atoms with E-state index in [4.69, 9.17) is 0 Å². The van der Waals surface area contributed by atoms with Crippen LogP contribution in [0.25, 0.3) is 0 Å². The fourth-order valence-electron chi connectivity index (χ4n) is 7.93. The summed E-state index contributed by atoms with van der Waals surface area (Å²) in [6.45, 7) is 7.80. The number of hydrogen-bond acceptors (Lipinski definition) is 4. The van der Waals surface area contributed by atoms with E-state index >= 15 is 0 Å². The fourth-order valence-corrected chi connectivity index (χ4v) is 7.93. The molecule has 1 aromatic heterocycles.